The summed E-state index contributed by atoms with van der Waals surface area (Å²) in [6.45, 7) is 7.70. The van der Waals surface area contributed by atoms with E-state index in [0.717, 1.165) is 42.9 Å². The largest absolute Gasteiger partial charge is 0.490 e. The van der Waals surface area contributed by atoms with Gasteiger partial charge in [-0.1, -0.05) is 50.1 Å². The summed E-state index contributed by atoms with van der Waals surface area (Å²) in [5.41, 5.74) is 3.41. The molecule has 1 unspecified atom stereocenters. The van der Waals surface area contributed by atoms with Gasteiger partial charge in [-0.05, 0) is 85.4 Å². The van der Waals surface area contributed by atoms with Gasteiger partial charge in [0.2, 0.25) is 5.91 Å². The zero-order valence-corrected chi connectivity index (χ0v) is 27.7. The van der Waals surface area contributed by atoms with E-state index in [1.54, 1.807) is 13.2 Å². The number of nitrogens with one attached hydrogen (secondary N) is 1. The van der Waals surface area contributed by atoms with E-state index in [2.05, 4.69) is 46.0 Å². The van der Waals surface area contributed by atoms with Gasteiger partial charge in [0, 0.05) is 43.1 Å². The predicted molar refractivity (Wildman–Crippen MR) is 176 cm³/mol. The molecule has 5 rings (SSSR count). The van der Waals surface area contributed by atoms with Crippen LogP contribution in [0.25, 0.3) is 0 Å². The summed E-state index contributed by atoms with van der Waals surface area (Å²) in [5, 5.41) is 0.741. The highest BCUT2D eigenvalue weighted by atomic mass is 35.5. The van der Waals surface area contributed by atoms with Crippen molar-refractivity contribution >= 4 is 39.0 Å². The second kappa shape index (κ2) is 13.6. The Morgan fingerprint density at radius 2 is 2.07 bits per heavy atom. The lowest BCUT2D eigenvalue weighted by molar-refractivity contribution is -0.117. The smallest absolute Gasteiger partial charge is 0.286 e. The quantitative estimate of drug-likeness (QED) is 0.384. The normalized spacial score (nSPS) is 30.0. The number of allylic oxidation sites excluding steroid dienone is 1. The van der Waals surface area contributed by atoms with Crippen molar-refractivity contribution in [3.05, 3.63) is 70.3 Å². The van der Waals surface area contributed by atoms with Crippen LogP contribution < -0.4 is 14.4 Å². The van der Waals surface area contributed by atoms with Gasteiger partial charge in [0.05, 0.1) is 24.2 Å². The molecule has 2 aliphatic heterocycles. The second-order valence-corrected chi connectivity index (χ2v) is 15.0. The third kappa shape index (κ3) is 7.00. The molecule has 5 atom stereocenters. The monoisotopic (exact) mass is 641 g/mol. The van der Waals surface area contributed by atoms with Gasteiger partial charge in [-0.2, -0.15) is 0 Å². The maximum Gasteiger partial charge on any atom is 0.286 e. The van der Waals surface area contributed by atoms with Crippen LogP contribution in [0.15, 0.2) is 52.9 Å². The van der Waals surface area contributed by atoms with Crippen LogP contribution in [0, 0.1) is 11.8 Å². The molecule has 0 fully saturated rings. The molecular formula is C34H44ClN3O5S. The first-order chi connectivity index (χ1) is 21.1. The molecule has 8 nitrogen and oxygen atoms in total. The molecule has 0 saturated carbocycles. The molecule has 0 radical (unpaired) electrons. The summed E-state index contributed by atoms with van der Waals surface area (Å²) in [4.78, 5) is 27.8. The van der Waals surface area contributed by atoms with Crippen molar-refractivity contribution in [1.82, 2.24) is 4.72 Å². The van der Waals surface area contributed by atoms with Crippen molar-refractivity contribution in [3.8, 4) is 5.75 Å². The lowest BCUT2D eigenvalue weighted by atomic mass is 9.70. The molecule has 2 amide bonds. The van der Waals surface area contributed by atoms with Crippen molar-refractivity contribution in [2.75, 3.05) is 37.5 Å². The predicted octanol–water partition coefficient (Wildman–Crippen LogP) is 6.50. The van der Waals surface area contributed by atoms with Crippen LogP contribution in [0.5, 0.6) is 5.75 Å². The average molecular weight is 642 g/mol. The zero-order chi connectivity index (χ0) is 31.5. The Kier molecular flexibility index (Phi) is 10.1. The Morgan fingerprint density at radius 1 is 1.25 bits per heavy atom. The molecular weight excluding hydrogens is 598 g/mol. The first-order valence-corrected chi connectivity index (χ1v) is 17.7. The molecule has 1 spiro atoms. The topological polar surface area (TPSA) is 97.3 Å². The fourth-order valence-corrected chi connectivity index (χ4v) is 8.91. The second-order valence-electron chi connectivity index (χ2n) is 12.5. The zero-order valence-electron chi connectivity index (χ0n) is 26.1. The number of halogens is 1. The minimum atomic E-state index is -3.30. The van der Waals surface area contributed by atoms with Crippen LogP contribution in [0.3, 0.4) is 0 Å². The van der Waals surface area contributed by atoms with Crippen molar-refractivity contribution in [1.29, 1.82) is 0 Å². The van der Waals surface area contributed by atoms with E-state index >= 15 is 0 Å². The Bertz CT molecular complexity index is 1550. The number of hydrogen-bond donors (Lipinski definition) is 1. The fraction of sp³-hybridized carbons (Fsp3) is 0.529. The molecule has 2 aromatic rings. The lowest BCUT2D eigenvalue weighted by Crippen LogP contribution is -2.47. The number of carbonyl (C=O) groups excluding carboxylic acids is 2. The minimum Gasteiger partial charge on any atom is -0.490 e. The van der Waals surface area contributed by atoms with E-state index in [0.29, 0.717) is 37.3 Å². The van der Waals surface area contributed by atoms with E-state index in [-0.39, 0.29) is 29.1 Å². The molecule has 3 aliphatic rings. The number of ether oxygens (including phenoxy) is 2. The number of nitrogens with zero attached hydrogens (tertiary/aromatic N) is 2. The Morgan fingerprint density at radius 3 is 2.82 bits per heavy atom. The van der Waals surface area contributed by atoms with Crippen LogP contribution in [0.1, 0.15) is 74.4 Å². The number of fused-ring (bicyclic) bond motifs is 3. The third-order valence-electron chi connectivity index (χ3n) is 9.45. The van der Waals surface area contributed by atoms with Crippen molar-refractivity contribution in [2.45, 2.75) is 70.8 Å². The van der Waals surface area contributed by atoms with E-state index in [1.165, 1.54) is 18.1 Å². The highest BCUT2D eigenvalue weighted by Gasteiger charge is 2.42. The molecule has 0 saturated heterocycles. The van der Waals surface area contributed by atoms with Gasteiger partial charge in [0.25, 0.3) is 5.91 Å². The van der Waals surface area contributed by atoms with Crippen molar-refractivity contribution < 1.29 is 23.3 Å². The van der Waals surface area contributed by atoms with Crippen LogP contribution in [0.2, 0.25) is 5.02 Å². The summed E-state index contributed by atoms with van der Waals surface area (Å²) in [6.07, 6.45) is 9.08. The van der Waals surface area contributed by atoms with Crippen LogP contribution in [-0.2, 0) is 31.3 Å². The van der Waals surface area contributed by atoms with Gasteiger partial charge in [-0.25, -0.2) is 4.21 Å². The van der Waals surface area contributed by atoms with E-state index in [1.807, 2.05) is 24.3 Å². The summed E-state index contributed by atoms with van der Waals surface area (Å²) in [7, 11) is -1.56. The van der Waals surface area contributed by atoms with Crippen molar-refractivity contribution in [3.63, 3.8) is 0 Å². The maximum atomic E-state index is 13.7. The number of aryl methyl sites for hydroxylation is 1. The highest BCUT2D eigenvalue weighted by Crippen LogP contribution is 2.45. The third-order valence-corrected chi connectivity index (χ3v) is 11.6. The number of hydrogen-bond acceptors (Lipinski definition) is 6. The van der Waals surface area contributed by atoms with Crippen LogP contribution in [-0.4, -0.2) is 54.7 Å². The number of rotatable bonds is 3. The first kappa shape index (κ1) is 32.5. The number of amides is 2. The lowest BCUT2D eigenvalue weighted by Gasteiger charge is -2.42. The van der Waals surface area contributed by atoms with Gasteiger partial charge >= 0.3 is 0 Å². The van der Waals surface area contributed by atoms with Gasteiger partial charge in [0.1, 0.15) is 15.7 Å². The number of methoxy groups -OCH3 is 1. The van der Waals surface area contributed by atoms with E-state index < -0.39 is 21.7 Å². The van der Waals surface area contributed by atoms with Crippen molar-refractivity contribution in [2.24, 2.45) is 16.2 Å². The van der Waals surface area contributed by atoms with Crippen LogP contribution in [0.4, 0.5) is 5.69 Å². The molecule has 2 bridgehead atoms. The molecule has 10 heteroatoms. The molecule has 1 aliphatic carbocycles. The summed E-state index contributed by atoms with van der Waals surface area (Å²) < 4.78 is 32.8. The highest BCUT2D eigenvalue weighted by molar-refractivity contribution is 7.92. The summed E-state index contributed by atoms with van der Waals surface area (Å²) in [6, 6.07) is 11.5. The molecule has 1 N–H and O–H groups in total. The summed E-state index contributed by atoms with van der Waals surface area (Å²) >= 11 is 6.42. The average Bonchev–Trinajstić information content (AvgIpc) is 3.13. The van der Waals surface area contributed by atoms with Gasteiger partial charge in [-0.3, -0.25) is 14.3 Å². The van der Waals surface area contributed by atoms with E-state index in [9.17, 15) is 13.8 Å². The Hall–Kier alpha value is -2.88. The summed E-state index contributed by atoms with van der Waals surface area (Å²) in [5.74, 6) is 0.158. The molecule has 2 aromatic carbocycles. The number of carbonyl (C=O) groups is 2. The minimum absolute atomic E-state index is 0.0690. The molecule has 0 aromatic heterocycles. The first-order valence-electron chi connectivity index (χ1n) is 15.6. The van der Waals surface area contributed by atoms with Gasteiger partial charge < -0.3 is 14.4 Å². The van der Waals surface area contributed by atoms with Gasteiger partial charge in [-0.15, -0.1) is 4.36 Å². The van der Waals surface area contributed by atoms with Gasteiger partial charge in [0.15, 0.2) is 0 Å². The molecule has 2 heterocycles. The molecule has 238 valence electrons. The van der Waals surface area contributed by atoms with Crippen LogP contribution >= 0.6 is 11.6 Å². The number of anilines is 1. The fourth-order valence-electron chi connectivity index (χ4n) is 7.09. The Balaban J connectivity index is 1.64. The Labute approximate surface area is 266 Å². The SMILES string of the molecule is CC[C@H]1CN2C[C@@]3(CCCc4cc(Cl)ccc43)COc3ccc(cc32)C(=O)N=S(=O)(NC(C)=O)CCC/C=C/[C@H](OC)[C@@H]1C. The van der Waals surface area contributed by atoms with E-state index in [4.69, 9.17) is 21.1 Å². The standard InChI is InChI=1S/C34H44ClN3O5S/c1-5-25-20-38-21-34(16-9-10-26-18-28(35)13-14-29(26)34)22-43-32-15-12-27(19-30(32)38)33(40)37-44(41,36-24(3)39)17-8-6-7-11-31(42-4)23(25)2/h7,11-15,18-19,23,25,31H,5-6,8-10,16-17,20-22H2,1-4H3,(H,36,37,39,40,41)/b11-7+/t23-,25+,31+,34+,44?/m1/s1. The maximum absolute atomic E-state index is 13.7. The number of benzene rings is 2. The molecule has 44 heavy (non-hydrogen) atoms.